The van der Waals surface area contributed by atoms with Gasteiger partial charge in [0.05, 0.1) is 26.4 Å². The van der Waals surface area contributed by atoms with Crippen molar-refractivity contribution >= 4 is 69.1 Å². The number of halogens is 2. The lowest BCUT2D eigenvalue weighted by molar-refractivity contribution is -0.157. The fourth-order valence-electron chi connectivity index (χ4n) is 1.14. The van der Waals surface area contributed by atoms with Crippen LogP contribution in [0.4, 0.5) is 0 Å². The van der Waals surface area contributed by atoms with Gasteiger partial charge in [0.1, 0.15) is 0 Å². The Morgan fingerprint density at radius 3 is 1.28 bits per heavy atom. The highest BCUT2D eigenvalue weighted by atomic mass is 127. The summed E-state index contributed by atoms with van der Waals surface area (Å²) in [4.78, 5) is 44.4. The van der Waals surface area contributed by atoms with Crippen LogP contribution in [0.3, 0.4) is 0 Å². The second kappa shape index (κ2) is 14.5. The van der Waals surface area contributed by atoms with E-state index in [0.29, 0.717) is 0 Å². The Morgan fingerprint density at radius 2 is 1.04 bits per heavy atom. The van der Waals surface area contributed by atoms with Crippen LogP contribution >= 0.6 is 45.2 Å². The Balaban J connectivity index is 0. The first-order valence-corrected chi connectivity index (χ1v) is 9.93. The van der Waals surface area contributed by atoms with Crippen molar-refractivity contribution in [2.75, 3.05) is 26.4 Å². The Bertz CT molecular complexity index is 413. The lowest BCUT2D eigenvalue weighted by atomic mass is 10.2. The molecule has 0 spiro atoms. The van der Waals surface area contributed by atoms with Crippen molar-refractivity contribution in [1.29, 1.82) is 0 Å². The van der Waals surface area contributed by atoms with Gasteiger partial charge >= 0.3 is 23.9 Å². The Hall–Kier alpha value is -0.660. The number of hydrogen-bond acceptors (Lipinski definition) is 8. The molecule has 0 heterocycles. The molecule has 0 radical (unpaired) electrons. The number of esters is 4. The Kier molecular flexibility index (Phi) is 15.4. The van der Waals surface area contributed by atoms with Crippen molar-refractivity contribution in [3.05, 3.63) is 0 Å². The van der Waals surface area contributed by atoms with E-state index in [2.05, 4.69) is 9.47 Å². The molecule has 0 aliphatic rings. The fourth-order valence-corrected chi connectivity index (χ4v) is 1.81. The van der Waals surface area contributed by atoms with E-state index in [-0.39, 0.29) is 26.4 Å². The van der Waals surface area contributed by atoms with E-state index in [9.17, 15) is 19.2 Å². The lowest BCUT2D eigenvalue weighted by Crippen LogP contribution is -2.40. The van der Waals surface area contributed by atoms with Crippen molar-refractivity contribution in [2.45, 2.75) is 42.0 Å². The van der Waals surface area contributed by atoms with Crippen LogP contribution in [0.5, 0.6) is 0 Å². The summed E-state index contributed by atoms with van der Waals surface area (Å²) < 4.78 is 16.6. The minimum Gasteiger partial charge on any atom is -0.465 e. The first-order valence-electron chi connectivity index (χ1n) is 7.60. The maximum absolute atomic E-state index is 11.3. The molecule has 0 aliphatic heterocycles. The molecule has 0 atom stereocenters. The molecule has 0 fully saturated rings. The molecule has 0 saturated carbocycles. The number of carbonyl (C=O) groups is 4. The van der Waals surface area contributed by atoms with Crippen LogP contribution in [-0.4, -0.2) is 57.7 Å². The van der Waals surface area contributed by atoms with Crippen molar-refractivity contribution in [3.8, 4) is 0 Å². The number of carbonyl (C=O) groups excluding carboxylic acids is 4. The predicted molar refractivity (Wildman–Crippen MR) is 107 cm³/mol. The highest BCUT2D eigenvalue weighted by Crippen LogP contribution is 2.21. The third-order valence-corrected chi connectivity index (χ3v) is 4.20. The molecule has 146 valence electrons. The summed E-state index contributed by atoms with van der Waals surface area (Å²) in [5, 5.41) is 0. The number of rotatable bonds is 8. The Morgan fingerprint density at radius 1 is 0.760 bits per heavy atom. The highest BCUT2D eigenvalue weighted by Gasteiger charge is 2.41. The molecule has 25 heavy (non-hydrogen) atoms. The molecule has 0 saturated heterocycles. The normalized spacial score (nSPS) is 10.2. The predicted octanol–water partition coefficient (Wildman–Crippen LogP) is 2.22. The largest absolute Gasteiger partial charge is 0.465 e. The van der Waals surface area contributed by atoms with Crippen LogP contribution < -0.4 is 0 Å². The monoisotopic (exact) mass is 586 g/mol. The molecule has 0 amide bonds. The van der Waals surface area contributed by atoms with Gasteiger partial charge in [-0.1, -0.05) is 45.2 Å². The van der Waals surface area contributed by atoms with Crippen LogP contribution in [0.15, 0.2) is 0 Å². The second-order valence-electron chi connectivity index (χ2n) is 4.31. The van der Waals surface area contributed by atoms with Gasteiger partial charge < -0.3 is 18.9 Å². The van der Waals surface area contributed by atoms with Gasteiger partial charge in [0, 0.05) is 0 Å². The van der Waals surface area contributed by atoms with E-state index < -0.39 is 31.2 Å². The number of hydrogen-bond donors (Lipinski definition) is 0. The first-order chi connectivity index (χ1) is 11.6. The van der Waals surface area contributed by atoms with Crippen molar-refractivity contribution < 1.29 is 38.1 Å². The second-order valence-corrected chi connectivity index (χ2v) is 7.71. The molecular formula is C15H24I2O8. The summed E-state index contributed by atoms with van der Waals surface area (Å²) in [7, 11) is 0. The average molecular weight is 586 g/mol. The number of ether oxygens (including phenoxy) is 4. The van der Waals surface area contributed by atoms with E-state index in [1.807, 2.05) is 0 Å². The van der Waals surface area contributed by atoms with Gasteiger partial charge in [-0.2, -0.15) is 0 Å². The lowest BCUT2D eigenvalue weighted by Gasteiger charge is -2.17. The summed E-state index contributed by atoms with van der Waals surface area (Å²) in [6.45, 7) is 9.30. The molecule has 0 aromatic heterocycles. The van der Waals surface area contributed by atoms with Crippen molar-refractivity contribution in [3.63, 3.8) is 0 Å². The van der Waals surface area contributed by atoms with Gasteiger partial charge in [-0.3, -0.25) is 9.59 Å². The maximum Gasteiger partial charge on any atom is 0.333 e. The Labute approximate surface area is 174 Å². The summed E-state index contributed by atoms with van der Waals surface area (Å²) in [6.07, 6.45) is 0. The molecular weight excluding hydrogens is 562 g/mol. The molecule has 10 heteroatoms. The van der Waals surface area contributed by atoms with Gasteiger partial charge in [0.25, 0.3) is 0 Å². The van der Waals surface area contributed by atoms with Gasteiger partial charge in [0.2, 0.25) is 7.35 Å². The van der Waals surface area contributed by atoms with E-state index in [0.717, 1.165) is 0 Å². The summed E-state index contributed by atoms with van der Waals surface area (Å²) >= 11 is 3.42. The van der Waals surface area contributed by atoms with Gasteiger partial charge in [-0.25, -0.2) is 9.59 Å². The molecule has 8 nitrogen and oxygen atoms in total. The zero-order chi connectivity index (χ0) is 20.0. The minimum atomic E-state index is -1.23. The highest BCUT2D eigenvalue weighted by molar-refractivity contribution is 14.1. The van der Waals surface area contributed by atoms with Crippen LogP contribution in [0.25, 0.3) is 0 Å². The molecule has 0 rings (SSSR count). The quantitative estimate of drug-likeness (QED) is 0.140. The van der Waals surface area contributed by atoms with Gasteiger partial charge in [-0.15, -0.1) is 0 Å². The van der Waals surface area contributed by atoms with Gasteiger partial charge in [-0.05, 0) is 34.6 Å². The third-order valence-electron chi connectivity index (χ3n) is 2.30. The van der Waals surface area contributed by atoms with Crippen molar-refractivity contribution in [2.24, 2.45) is 0 Å². The zero-order valence-electron chi connectivity index (χ0n) is 14.9. The fraction of sp³-hybridized carbons (Fsp3) is 0.733. The topological polar surface area (TPSA) is 105 Å². The maximum atomic E-state index is 11.3. The zero-order valence-corrected chi connectivity index (χ0v) is 19.2. The summed E-state index contributed by atoms with van der Waals surface area (Å²) in [5.41, 5.74) is 0. The van der Waals surface area contributed by atoms with E-state index >= 15 is 0 Å². The van der Waals surface area contributed by atoms with E-state index in [4.69, 9.17) is 9.47 Å². The molecule has 0 aromatic rings. The number of alkyl halides is 2. The smallest absolute Gasteiger partial charge is 0.333 e. The SMILES string of the molecule is CCOC(=O)C(C)(I)C(=O)OCC.CCOC(=O)C(I)C(=O)OCC. The van der Waals surface area contributed by atoms with E-state index in [1.165, 1.54) is 6.92 Å². The van der Waals surface area contributed by atoms with Crippen molar-refractivity contribution in [1.82, 2.24) is 0 Å². The standard InChI is InChI=1S/C8H13IO4.C7H11IO4/c1-4-12-6(10)8(3,9)7(11)13-5-2;1-3-11-6(9)5(8)7(10)12-4-2/h4-5H2,1-3H3;5H,3-4H2,1-2H3. The summed E-state index contributed by atoms with van der Waals surface area (Å²) in [5.74, 6) is -2.21. The third kappa shape index (κ3) is 10.8. The molecule has 0 bridgehead atoms. The molecule has 0 aromatic carbocycles. The first kappa shape index (κ1) is 26.6. The average Bonchev–Trinajstić information content (AvgIpc) is 2.55. The van der Waals surface area contributed by atoms with Gasteiger partial charge in [0.15, 0.2) is 0 Å². The molecule has 0 unspecified atom stereocenters. The minimum absolute atomic E-state index is 0.261. The molecule has 0 N–H and O–H groups in total. The molecule has 0 aliphatic carbocycles. The van der Waals surface area contributed by atoms with Crippen LogP contribution in [0, 0.1) is 0 Å². The van der Waals surface area contributed by atoms with Crippen LogP contribution in [0.1, 0.15) is 34.6 Å². The van der Waals surface area contributed by atoms with Crippen LogP contribution in [0.2, 0.25) is 0 Å². The van der Waals surface area contributed by atoms with Crippen LogP contribution in [-0.2, 0) is 38.1 Å². The van der Waals surface area contributed by atoms with E-state index in [1.54, 1.807) is 72.9 Å². The summed E-state index contributed by atoms with van der Waals surface area (Å²) in [6, 6.07) is 0.